The van der Waals surface area contributed by atoms with Gasteiger partial charge in [-0.1, -0.05) is 12.1 Å². The van der Waals surface area contributed by atoms with Crippen molar-refractivity contribution in [2.45, 2.75) is 0 Å². The van der Waals surface area contributed by atoms with Crippen molar-refractivity contribution >= 4 is 59.6 Å². The van der Waals surface area contributed by atoms with Gasteiger partial charge in [0.05, 0.1) is 11.1 Å². The van der Waals surface area contributed by atoms with Gasteiger partial charge >= 0.3 is 0 Å². The van der Waals surface area contributed by atoms with Gasteiger partial charge in [-0.25, -0.2) is 7.42 Å². The molecular formula is C12H16N2O2S4. The van der Waals surface area contributed by atoms with Crippen molar-refractivity contribution in [2.24, 2.45) is 0 Å². The van der Waals surface area contributed by atoms with E-state index in [2.05, 4.69) is 0 Å². The molecule has 1 aromatic carbocycles. The van der Waals surface area contributed by atoms with Crippen LogP contribution < -0.4 is 0 Å². The van der Waals surface area contributed by atoms with E-state index in [4.69, 9.17) is 0 Å². The maximum absolute atomic E-state index is 12.4. The lowest BCUT2D eigenvalue weighted by Gasteiger charge is -2.20. The smallest absolute Gasteiger partial charge is 0.267 e. The molecule has 0 heterocycles. The minimum absolute atomic E-state index is 0.170. The highest BCUT2D eigenvalue weighted by Crippen LogP contribution is 2.26. The second-order valence-corrected chi connectivity index (χ2v) is 6.78. The van der Waals surface area contributed by atoms with Crippen molar-refractivity contribution in [1.29, 1.82) is 0 Å². The monoisotopic (exact) mass is 348 g/mol. The summed E-state index contributed by atoms with van der Waals surface area (Å²) in [6.07, 6.45) is 7.31. The summed E-state index contributed by atoms with van der Waals surface area (Å²) < 4.78 is 3.10. The average molecular weight is 349 g/mol. The SMILES string of the molecule is CSN(SC)C(=O)c1ccccc1C(=O)N(SC)SC. The average Bonchev–Trinajstić information content (AvgIpc) is 2.49. The lowest BCUT2D eigenvalue weighted by molar-refractivity contribution is 0.0899. The highest BCUT2D eigenvalue weighted by Gasteiger charge is 2.24. The lowest BCUT2D eigenvalue weighted by atomic mass is 10.1. The molecule has 0 aliphatic carbocycles. The summed E-state index contributed by atoms with van der Waals surface area (Å²) in [4.78, 5) is 24.9. The van der Waals surface area contributed by atoms with Crippen LogP contribution in [0.25, 0.3) is 0 Å². The third kappa shape index (κ3) is 4.03. The molecule has 8 heteroatoms. The first-order chi connectivity index (χ1) is 9.60. The molecule has 0 aliphatic rings. The first-order valence-electron chi connectivity index (χ1n) is 5.55. The van der Waals surface area contributed by atoms with Crippen LogP contribution in [0.1, 0.15) is 20.7 Å². The first-order valence-corrected chi connectivity index (χ1v) is 10.3. The number of amides is 2. The summed E-state index contributed by atoms with van der Waals surface area (Å²) in [6, 6.07) is 6.92. The molecule has 0 aromatic heterocycles. The third-order valence-electron chi connectivity index (χ3n) is 2.38. The molecule has 0 unspecified atom stereocenters. The second-order valence-electron chi connectivity index (χ2n) is 3.40. The van der Waals surface area contributed by atoms with E-state index in [0.717, 1.165) is 0 Å². The fraction of sp³-hybridized carbons (Fsp3) is 0.333. The fourth-order valence-corrected chi connectivity index (χ4v) is 3.78. The topological polar surface area (TPSA) is 40.6 Å². The molecule has 0 fully saturated rings. The van der Waals surface area contributed by atoms with Crippen LogP contribution in [-0.4, -0.2) is 44.3 Å². The first kappa shape index (κ1) is 17.6. The van der Waals surface area contributed by atoms with Crippen molar-refractivity contribution in [3.05, 3.63) is 35.4 Å². The van der Waals surface area contributed by atoms with Gasteiger partial charge in [-0.3, -0.25) is 9.59 Å². The molecule has 0 aliphatic heterocycles. The van der Waals surface area contributed by atoms with E-state index in [1.54, 1.807) is 31.7 Å². The molecule has 0 bridgehead atoms. The number of carbonyl (C=O) groups excluding carboxylic acids is 2. The van der Waals surface area contributed by atoms with Gasteiger partial charge in [-0.2, -0.15) is 0 Å². The molecular weight excluding hydrogens is 332 g/mol. The van der Waals surface area contributed by atoms with Crippen LogP contribution in [-0.2, 0) is 0 Å². The molecule has 0 radical (unpaired) electrons. The Kier molecular flexibility index (Phi) is 7.71. The van der Waals surface area contributed by atoms with Crippen molar-refractivity contribution in [2.75, 3.05) is 25.0 Å². The predicted molar refractivity (Wildman–Crippen MR) is 92.8 cm³/mol. The number of hydrogen-bond acceptors (Lipinski definition) is 6. The number of hydrogen-bond donors (Lipinski definition) is 0. The van der Waals surface area contributed by atoms with E-state index in [0.29, 0.717) is 11.1 Å². The number of nitrogens with zero attached hydrogens (tertiary/aromatic N) is 2. The number of carbonyl (C=O) groups is 2. The van der Waals surface area contributed by atoms with Gasteiger partial charge in [0.2, 0.25) is 0 Å². The minimum atomic E-state index is -0.170. The summed E-state index contributed by atoms with van der Waals surface area (Å²) >= 11 is 5.30. The molecule has 0 saturated heterocycles. The number of benzene rings is 1. The zero-order valence-corrected chi connectivity index (χ0v) is 14.9. The predicted octanol–water partition coefficient (Wildman–Crippen LogP) is 3.68. The van der Waals surface area contributed by atoms with Crippen LogP contribution in [0.3, 0.4) is 0 Å². The Bertz CT molecular complexity index is 433. The van der Waals surface area contributed by atoms with Crippen molar-refractivity contribution in [3.8, 4) is 0 Å². The number of rotatable bonds is 6. The lowest BCUT2D eigenvalue weighted by Crippen LogP contribution is -2.24. The van der Waals surface area contributed by atoms with Gasteiger partial charge in [0.1, 0.15) is 0 Å². The van der Waals surface area contributed by atoms with Crippen LogP contribution in [0.4, 0.5) is 0 Å². The van der Waals surface area contributed by atoms with E-state index in [-0.39, 0.29) is 11.8 Å². The maximum Gasteiger partial charge on any atom is 0.274 e. The van der Waals surface area contributed by atoms with Crippen LogP contribution in [0.15, 0.2) is 24.3 Å². The second kappa shape index (κ2) is 8.76. The Morgan fingerprint density at radius 3 is 1.30 bits per heavy atom. The summed E-state index contributed by atoms with van der Waals surface area (Å²) in [7, 11) is 0. The molecule has 0 N–H and O–H groups in total. The molecule has 1 rings (SSSR count). The quantitative estimate of drug-likeness (QED) is 0.730. The zero-order valence-electron chi connectivity index (χ0n) is 11.7. The Labute approximate surface area is 136 Å². The Hall–Kier alpha value is -0.440. The summed E-state index contributed by atoms with van der Waals surface area (Å²) in [5.74, 6) is -0.341. The standard InChI is InChI=1S/C12H16N2O2S4/c1-17-13(18-2)11(15)9-7-5-6-8-10(9)12(16)14(19-3)20-4/h5-8H,1-4H3. The van der Waals surface area contributed by atoms with Crippen molar-refractivity contribution in [3.63, 3.8) is 0 Å². The van der Waals surface area contributed by atoms with Gasteiger partial charge in [-0.15, -0.1) is 0 Å². The fourth-order valence-electron chi connectivity index (χ4n) is 1.53. The van der Waals surface area contributed by atoms with Gasteiger partial charge in [0, 0.05) is 25.0 Å². The Balaban J connectivity index is 3.17. The minimum Gasteiger partial charge on any atom is -0.267 e. The zero-order chi connectivity index (χ0) is 15.1. The Morgan fingerprint density at radius 2 is 1.05 bits per heavy atom. The van der Waals surface area contributed by atoms with E-state index >= 15 is 0 Å². The van der Waals surface area contributed by atoms with Crippen LogP contribution in [0.5, 0.6) is 0 Å². The van der Waals surface area contributed by atoms with E-state index < -0.39 is 0 Å². The molecule has 0 spiro atoms. The van der Waals surface area contributed by atoms with Gasteiger partial charge < -0.3 is 0 Å². The van der Waals surface area contributed by atoms with Crippen molar-refractivity contribution < 1.29 is 9.59 Å². The molecule has 0 saturated carbocycles. The van der Waals surface area contributed by atoms with Gasteiger partial charge in [0.25, 0.3) is 11.8 Å². The highest BCUT2D eigenvalue weighted by molar-refractivity contribution is 8.12. The molecule has 20 heavy (non-hydrogen) atoms. The van der Waals surface area contributed by atoms with E-state index in [9.17, 15) is 9.59 Å². The highest BCUT2D eigenvalue weighted by atomic mass is 32.2. The molecule has 0 atom stereocenters. The summed E-state index contributed by atoms with van der Waals surface area (Å²) in [5, 5.41) is 0. The van der Waals surface area contributed by atoms with Crippen LogP contribution >= 0.6 is 47.8 Å². The molecule has 4 nitrogen and oxygen atoms in total. The third-order valence-corrected chi connectivity index (χ3v) is 6.16. The van der Waals surface area contributed by atoms with Gasteiger partial charge in [-0.05, 0) is 59.9 Å². The molecule has 2 amide bonds. The van der Waals surface area contributed by atoms with Crippen LogP contribution in [0, 0.1) is 0 Å². The maximum atomic E-state index is 12.4. The Morgan fingerprint density at radius 1 is 0.750 bits per heavy atom. The van der Waals surface area contributed by atoms with Crippen LogP contribution in [0.2, 0.25) is 0 Å². The largest absolute Gasteiger partial charge is 0.274 e. The van der Waals surface area contributed by atoms with E-state index in [1.807, 2.05) is 25.0 Å². The summed E-state index contributed by atoms with van der Waals surface area (Å²) in [6.45, 7) is 0. The van der Waals surface area contributed by atoms with Gasteiger partial charge in [0.15, 0.2) is 0 Å². The van der Waals surface area contributed by atoms with Crippen molar-refractivity contribution in [1.82, 2.24) is 7.42 Å². The normalized spacial score (nSPS) is 10.2. The summed E-state index contributed by atoms with van der Waals surface area (Å²) in [5.41, 5.74) is 0.851. The molecule has 1 aromatic rings. The van der Waals surface area contributed by atoms with E-state index in [1.165, 1.54) is 47.8 Å². The molecule has 110 valence electrons.